The van der Waals surface area contributed by atoms with Gasteiger partial charge in [0.2, 0.25) is 0 Å². The minimum absolute atomic E-state index is 0.0201. The van der Waals surface area contributed by atoms with Gasteiger partial charge in [0.15, 0.2) is 0 Å². The summed E-state index contributed by atoms with van der Waals surface area (Å²) in [6, 6.07) is 0. The maximum Gasteiger partial charge on any atom is 0.331 e. The summed E-state index contributed by atoms with van der Waals surface area (Å²) in [6.07, 6.45) is 9.22. The molecule has 0 heterocycles. The van der Waals surface area contributed by atoms with Crippen LogP contribution in [0.3, 0.4) is 0 Å². The van der Waals surface area contributed by atoms with Crippen LogP contribution < -0.4 is 0 Å². The number of oxime groups is 1. The molecule has 0 saturated heterocycles. The van der Waals surface area contributed by atoms with Crippen LogP contribution in [0, 0.1) is 28.6 Å². The lowest BCUT2D eigenvalue weighted by Crippen LogP contribution is -2.53. The lowest BCUT2D eigenvalue weighted by molar-refractivity contribution is -0.164. The van der Waals surface area contributed by atoms with Gasteiger partial charge < -0.3 is 9.94 Å². The average molecular weight is 378 g/mol. The zero-order valence-electron chi connectivity index (χ0n) is 17.3. The van der Waals surface area contributed by atoms with Gasteiger partial charge in [0.25, 0.3) is 0 Å². The Hall–Kier alpha value is -1.65. The fourth-order valence-corrected chi connectivity index (χ4v) is 5.64. The summed E-state index contributed by atoms with van der Waals surface area (Å²) in [5, 5.41) is 13.6. The van der Waals surface area contributed by atoms with Gasteiger partial charge in [-0.25, -0.2) is 4.79 Å². The van der Waals surface area contributed by atoms with Crippen LogP contribution in [0.4, 0.5) is 0 Å². The molecule has 0 aromatic rings. The van der Waals surface area contributed by atoms with Gasteiger partial charge >= 0.3 is 11.9 Å². The molecule has 0 aromatic carbocycles. The molecule has 0 aliphatic heterocycles. The Morgan fingerprint density at radius 3 is 2.74 bits per heavy atom. The second-order valence-electron chi connectivity index (χ2n) is 9.17. The SMILES string of the molecule is C=C1CC[C@@H]2[C@](C)(CCC[C@]2(C)C(=O)O)[C@H]1CC[C@H](C)C/C=N/OC(C)=O. The number of carbonyl (C=O) groups is 2. The van der Waals surface area contributed by atoms with E-state index in [1.165, 1.54) is 12.5 Å². The maximum absolute atomic E-state index is 12.0. The molecule has 0 bridgehead atoms. The quantitative estimate of drug-likeness (QED) is 0.286. The van der Waals surface area contributed by atoms with Crippen molar-refractivity contribution in [3.63, 3.8) is 0 Å². The minimum Gasteiger partial charge on any atom is -0.481 e. The van der Waals surface area contributed by atoms with Gasteiger partial charge in [-0.15, -0.1) is 0 Å². The van der Waals surface area contributed by atoms with E-state index in [-0.39, 0.29) is 11.3 Å². The Morgan fingerprint density at radius 2 is 2.11 bits per heavy atom. The molecule has 0 aromatic heterocycles. The van der Waals surface area contributed by atoms with Crippen LogP contribution in [0.1, 0.15) is 79.1 Å². The first kappa shape index (κ1) is 21.6. The van der Waals surface area contributed by atoms with Crippen molar-refractivity contribution in [3.05, 3.63) is 12.2 Å². The molecular weight excluding hydrogens is 342 g/mol. The molecule has 5 atom stereocenters. The van der Waals surface area contributed by atoms with Crippen LogP contribution in [0.2, 0.25) is 0 Å². The summed E-state index contributed by atoms with van der Waals surface area (Å²) in [6.45, 7) is 12.1. The second-order valence-corrected chi connectivity index (χ2v) is 9.17. The Bertz CT molecular complexity index is 613. The Labute approximate surface area is 163 Å². The number of allylic oxidation sites excluding steroid dienone is 1. The summed E-state index contributed by atoms with van der Waals surface area (Å²) < 4.78 is 0. The van der Waals surface area contributed by atoms with E-state index in [0.29, 0.717) is 11.8 Å². The van der Waals surface area contributed by atoms with Crippen molar-refractivity contribution < 1.29 is 19.5 Å². The fourth-order valence-electron chi connectivity index (χ4n) is 5.64. The number of hydrogen-bond donors (Lipinski definition) is 1. The molecule has 5 heteroatoms. The third kappa shape index (κ3) is 4.61. The molecule has 0 amide bonds. The van der Waals surface area contributed by atoms with Gasteiger partial charge in [-0.3, -0.25) is 4.79 Å². The van der Waals surface area contributed by atoms with Crippen molar-refractivity contribution in [2.75, 3.05) is 0 Å². The maximum atomic E-state index is 12.0. The van der Waals surface area contributed by atoms with Gasteiger partial charge in [0.1, 0.15) is 0 Å². The van der Waals surface area contributed by atoms with Gasteiger partial charge in [-0.2, -0.15) is 0 Å². The molecule has 1 N–H and O–H groups in total. The number of aliphatic carboxylic acids is 1. The third-order valence-electron chi connectivity index (χ3n) is 7.22. The zero-order valence-corrected chi connectivity index (χ0v) is 17.3. The number of fused-ring (bicyclic) bond motifs is 1. The molecule has 2 fully saturated rings. The number of hydrogen-bond acceptors (Lipinski definition) is 4. The molecule has 2 rings (SSSR count). The smallest absolute Gasteiger partial charge is 0.331 e. The first-order valence-electron chi connectivity index (χ1n) is 10.2. The molecule has 5 nitrogen and oxygen atoms in total. The molecule has 0 spiro atoms. The van der Waals surface area contributed by atoms with E-state index in [1.54, 1.807) is 6.21 Å². The lowest BCUT2D eigenvalue weighted by Gasteiger charge is -2.57. The normalized spacial score (nSPS) is 34.9. The van der Waals surface area contributed by atoms with Crippen molar-refractivity contribution in [2.24, 2.45) is 33.7 Å². The molecule has 2 aliphatic carbocycles. The van der Waals surface area contributed by atoms with Crippen molar-refractivity contribution >= 4 is 18.2 Å². The van der Waals surface area contributed by atoms with Crippen LogP contribution >= 0.6 is 0 Å². The van der Waals surface area contributed by atoms with Crippen molar-refractivity contribution in [1.29, 1.82) is 0 Å². The van der Waals surface area contributed by atoms with E-state index in [2.05, 4.69) is 30.4 Å². The highest BCUT2D eigenvalue weighted by Gasteiger charge is 2.57. The van der Waals surface area contributed by atoms with E-state index in [4.69, 9.17) is 0 Å². The van der Waals surface area contributed by atoms with E-state index >= 15 is 0 Å². The molecule has 2 aliphatic rings. The monoisotopic (exact) mass is 377 g/mol. The van der Waals surface area contributed by atoms with E-state index in [1.807, 2.05) is 6.92 Å². The van der Waals surface area contributed by atoms with Crippen LogP contribution in [0.5, 0.6) is 0 Å². The van der Waals surface area contributed by atoms with Crippen LogP contribution in [0.25, 0.3) is 0 Å². The summed E-state index contributed by atoms with van der Waals surface area (Å²) in [4.78, 5) is 27.4. The number of carbonyl (C=O) groups excluding carboxylic acids is 1. The number of nitrogens with zero attached hydrogens (tertiary/aromatic N) is 1. The van der Waals surface area contributed by atoms with Gasteiger partial charge in [0.05, 0.1) is 5.41 Å². The van der Waals surface area contributed by atoms with Gasteiger partial charge in [0, 0.05) is 13.1 Å². The Morgan fingerprint density at radius 1 is 1.41 bits per heavy atom. The predicted octanol–water partition coefficient (Wildman–Crippen LogP) is 5.21. The Balaban J connectivity index is 2.04. The Kier molecular flexibility index (Phi) is 6.87. The van der Waals surface area contributed by atoms with Crippen molar-refractivity contribution in [1.82, 2.24) is 0 Å². The van der Waals surface area contributed by atoms with Gasteiger partial charge in [-0.1, -0.05) is 37.6 Å². The van der Waals surface area contributed by atoms with E-state index < -0.39 is 17.4 Å². The summed E-state index contributed by atoms with van der Waals surface area (Å²) >= 11 is 0. The van der Waals surface area contributed by atoms with E-state index in [0.717, 1.165) is 51.4 Å². The molecule has 152 valence electrons. The van der Waals surface area contributed by atoms with Crippen molar-refractivity contribution in [3.8, 4) is 0 Å². The van der Waals surface area contributed by atoms with Crippen molar-refractivity contribution in [2.45, 2.75) is 79.1 Å². The predicted molar refractivity (Wildman–Crippen MR) is 106 cm³/mol. The minimum atomic E-state index is -0.639. The third-order valence-corrected chi connectivity index (χ3v) is 7.22. The van der Waals surface area contributed by atoms with E-state index in [9.17, 15) is 14.7 Å². The molecular formula is C22H35NO4. The topological polar surface area (TPSA) is 76.0 Å². The molecule has 2 saturated carbocycles. The van der Waals surface area contributed by atoms with Crippen LogP contribution in [0.15, 0.2) is 17.3 Å². The number of carboxylic acids is 1. The second kappa shape index (κ2) is 8.57. The summed E-state index contributed by atoms with van der Waals surface area (Å²) in [7, 11) is 0. The highest BCUT2D eigenvalue weighted by atomic mass is 16.7. The highest BCUT2D eigenvalue weighted by Crippen LogP contribution is 2.62. The fraction of sp³-hybridized carbons (Fsp3) is 0.773. The first-order valence-corrected chi connectivity index (χ1v) is 10.2. The number of carboxylic acid groups (broad SMARTS) is 1. The molecule has 27 heavy (non-hydrogen) atoms. The number of rotatable bonds is 7. The lowest BCUT2D eigenvalue weighted by atomic mass is 9.46. The average Bonchev–Trinajstić information content (AvgIpc) is 2.57. The largest absolute Gasteiger partial charge is 0.481 e. The van der Waals surface area contributed by atoms with Crippen LogP contribution in [-0.2, 0) is 14.4 Å². The summed E-state index contributed by atoms with van der Waals surface area (Å²) in [5.41, 5.74) is 0.699. The standard InChI is InChI=1S/C22H35NO4/c1-15(11-14-23-27-17(3)24)7-9-18-16(2)8-10-19-21(18,4)12-6-13-22(19,5)20(25)26/h14-15,18-19H,2,6-13H2,1,3-5H3,(H,25,26)/b23-14+/t15-,18-,19+,21+,22-/m0/s1. The molecule has 0 unspecified atom stereocenters. The first-order chi connectivity index (χ1) is 12.6. The highest BCUT2D eigenvalue weighted by molar-refractivity contribution is 5.75. The van der Waals surface area contributed by atoms with Gasteiger partial charge in [-0.05, 0) is 75.0 Å². The molecule has 0 radical (unpaired) electrons. The van der Waals surface area contributed by atoms with Crippen LogP contribution in [-0.4, -0.2) is 23.3 Å². The summed E-state index contributed by atoms with van der Waals surface area (Å²) in [5.74, 6) is -0.0268. The zero-order chi connectivity index (χ0) is 20.2.